The van der Waals surface area contributed by atoms with Crippen LogP contribution in [0.2, 0.25) is 0 Å². The fourth-order valence-electron chi connectivity index (χ4n) is 2.52. The average Bonchev–Trinajstić information content (AvgIpc) is 2.52. The van der Waals surface area contributed by atoms with E-state index in [2.05, 4.69) is 17.9 Å². The SMILES string of the molecule is C=NN1CCCCC(c2cc(C)cc(F)c2)C1. The average molecular weight is 234 g/mol. The van der Waals surface area contributed by atoms with E-state index in [4.69, 9.17) is 0 Å². The van der Waals surface area contributed by atoms with E-state index in [-0.39, 0.29) is 5.82 Å². The van der Waals surface area contributed by atoms with E-state index in [1.807, 2.05) is 11.9 Å². The molecule has 2 nitrogen and oxygen atoms in total. The van der Waals surface area contributed by atoms with Crippen molar-refractivity contribution in [1.82, 2.24) is 5.01 Å². The Bertz CT molecular complexity index is 383. The maximum atomic E-state index is 13.4. The Morgan fingerprint density at radius 3 is 2.88 bits per heavy atom. The Kier molecular flexibility index (Phi) is 3.77. The molecule has 17 heavy (non-hydrogen) atoms. The molecule has 0 amide bonds. The van der Waals surface area contributed by atoms with Crippen molar-refractivity contribution < 1.29 is 4.39 Å². The second-order valence-corrected chi connectivity index (χ2v) is 4.81. The topological polar surface area (TPSA) is 15.6 Å². The molecule has 0 bridgehead atoms. The minimum atomic E-state index is -0.137. The highest BCUT2D eigenvalue weighted by Crippen LogP contribution is 2.27. The van der Waals surface area contributed by atoms with Crippen molar-refractivity contribution in [3.8, 4) is 0 Å². The van der Waals surface area contributed by atoms with E-state index in [1.54, 1.807) is 12.1 Å². The van der Waals surface area contributed by atoms with Crippen LogP contribution in [0.25, 0.3) is 0 Å². The van der Waals surface area contributed by atoms with Crippen LogP contribution in [-0.4, -0.2) is 24.8 Å². The van der Waals surface area contributed by atoms with Gasteiger partial charge < -0.3 is 0 Å². The summed E-state index contributed by atoms with van der Waals surface area (Å²) in [5, 5.41) is 6.02. The van der Waals surface area contributed by atoms with Crippen LogP contribution in [0.1, 0.15) is 36.3 Å². The molecule has 3 heteroatoms. The summed E-state index contributed by atoms with van der Waals surface area (Å²) in [4.78, 5) is 0. The molecule has 2 rings (SSSR count). The van der Waals surface area contributed by atoms with Crippen LogP contribution in [0.4, 0.5) is 4.39 Å². The predicted molar refractivity (Wildman–Crippen MR) is 68.9 cm³/mol. The lowest BCUT2D eigenvalue weighted by Gasteiger charge is -2.21. The highest BCUT2D eigenvalue weighted by molar-refractivity contribution is 5.27. The first kappa shape index (κ1) is 12.1. The summed E-state index contributed by atoms with van der Waals surface area (Å²) in [6, 6.07) is 5.31. The summed E-state index contributed by atoms with van der Waals surface area (Å²) in [7, 11) is 0. The zero-order valence-electron chi connectivity index (χ0n) is 10.3. The van der Waals surface area contributed by atoms with Gasteiger partial charge in [0.25, 0.3) is 0 Å². The van der Waals surface area contributed by atoms with Crippen LogP contribution < -0.4 is 0 Å². The largest absolute Gasteiger partial charge is 0.297 e. The van der Waals surface area contributed by atoms with Crippen molar-refractivity contribution in [3.63, 3.8) is 0 Å². The van der Waals surface area contributed by atoms with Crippen molar-refractivity contribution in [2.45, 2.75) is 32.1 Å². The number of nitrogens with zero attached hydrogens (tertiary/aromatic N) is 2. The third kappa shape index (κ3) is 3.05. The summed E-state index contributed by atoms with van der Waals surface area (Å²) < 4.78 is 13.4. The van der Waals surface area contributed by atoms with E-state index in [1.165, 1.54) is 6.42 Å². The van der Waals surface area contributed by atoms with Crippen molar-refractivity contribution in [2.24, 2.45) is 5.10 Å². The van der Waals surface area contributed by atoms with Gasteiger partial charge >= 0.3 is 0 Å². The van der Waals surface area contributed by atoms with E-state index >= 15 is 0 Å². The first-order valence-electron chi connectivity index (χ1n) is 6.17. The third-order valence-electron chi connectivity index (χ3n) is 3.39. The minimum absolute atomic E-state index is 0.137. The van der Waals surface area contributed by atoms with Crippen LogP contribution in [0.15, 0.2) is 23.3 Å². The summed E-state index contributed by atoms with van der Waals surface area (Å²) in [5.74, 6) is 0.236. The van der Waals surface area contributed by atoms with Gasteiger partial charge in [0.15, 0.2) is 0 Å². The number of rotatable bonds is 2. The third-order valence-corrected chi connectivity index (χ3v) is 3.39. The van der Waals surface area contributed by atoms with Gasteiger partial charge in [0.2, 0.25) is 0 Å². The Balaban J connectivity index is 2.21. The van der Waals surface area contributed by atoms with E-state index in [0.29, 0.717) is 5.92 Å². The lowest BCUT2D eigenvalue weighted by molar-refractivity contribution is 0.289. The van der Waals surface area contributed by atoms with Crippen molar-refractivity contribution in [1.29, 1.82) is 0 Å². The highest BCUT2D eigenvalue weighted by atomic mass is 19.1. The van der Waals surface area contributed by atoms with E-state index in [9.17, 15) is 4.39 Å². The lowest BCUT2D eigenvalue weighted by Crippen LogP contribution is -2.22. The molecular weight excluding hydrogens is 215 g/mol. The molecule has 0 spiro atoms. The van der Waals surface area contributed by atoms with Gasteiger partial charge in [-0.05, 0) is 43.0 Å². The smallest absolute Gasteiger partial charge is 0.123 e. The number of halogens is 1. The maximum Gasteiger partial charge on any atom is 0.123 e. The molecule has 1 aromatic rings. The molecule has 1 aliphatic heterocycles. The van der Waals surface area contributed by atoms with Crippen molar-refractivity contribution in [2.75, 3.05) is 13.1 Å². The molecular formula is C14H19FN2. The molecule has 0 aromatic heterocycles. The van der Waals surface area contributed by atoms with Gasteiger partial charge in [-0.2, -0.15) is 5.10 Å². The fourth-order valence-corrected chi connectivity index (χ4v) is 2.52. The lowest BCUT2D eigenvalue weighted by atomic mass is 9.93. The number of aryl methyl sites for hydroxylation is 1. The number of benzene rings is 1. The normalized spacial score (nSPS) is 21.1. The monoisotopic (exact) mass is 234 g/mol. The van der Waals surface area contributed by atoms with Gasteiger partial charge in [0, 0.05) is 25.7 Å². The zero-order chi connectivity index (χ0) is 12.3. The van der Waals surface area contributed by atoms with Gasteiger partial charge in [0.1, 0.15) is 5.82 Å². The van der Waals surface area contributed by atoms with Gasteiger partial charge in [-0.3, -0.25) is 5.01 Å². The van der Waals surface area contributed by atoms with Gasteiger partial charge in [-0.1, -0.05) is 12.5 Å². The molecule has 0 saturated carbocycles. The minimum Gasteiger partial charge on any atom is -0.297 e. The van der Waals surface area contributed by atoms with Crippen LogP contribution >= 0.6 is 0 Å². The first-order chi connectivity index (χ1) is 8.19. The molecule has 0 N–H and O–H groups in total. The Labute approximate surface area is 102 Å². The van der Waals surface area contributed by atoms with Crippen LogP contribution in [0.3, 0.4) is 0 Å². The quantitative estimate of drug-likeness (QED) is 0.717. The van der Waals surface area contributed by atoms with Crippen molar-refractivity contribution >= 4 is 6.72 Å². The molecule has 1 aliphatic rings. The molecule has 92 valence electrons. The standard InChI is InChI=1S/C14H19FN2/c1-11-7-13(9-14(15)8-11)12-5-3-4-6-17(10-12)16-2/h7-9,12H,2-6,10H2,1H3. The Hall–Kier alpha value is -1.38. The van der Waals surface area contributed by atoms with Crippen LogP contribution in [0, 0.1) is 12.7 Å². The maximum absolute atomic E-state index is 13.4. The number of hydrogen-bond donors (Lipinski definition) is 0. The van der Waals surface area contributed by atoms with E-state index in [0.717, 1.165) is 37.1 Å². The summed E-state index contributed by atoms with van der Waals surface area (Å²) in [6.07, 6.45) is 3.42. The Morgan fingerprint density at radius 2 is 2.18 bits per heavy atom. The summed E-state index contributed by atoms with van der Waals surface area (Å²) in [6.45, 7) is 7.35. The van der Waals surface area contributed by atoms with E-state index < -0.39 is 0 Å². The number of hydrazone groups is 1. The molecule has 1 fully saturated rings. The second kappa shape index (κ2) is 5.30. The first-order valence-corrected chi connectivity index (χ1v) is 6.17. The molecule has 1 unspecified atom stereocenters. The van der Waals surface area contributed by atoms with Gasteiger partial charge in [0.05, 0.1) is 0 Å². The predicted octanol–water partition coefficient (Wildman–Crippen LogP) is 3.32. The second-order valence-electron chi connectivity index (χ2n) is 4.81. The molecule has 1 atom stereocenters. The summed E-state index contributed by atoms with van der Waals surface area (Å²) in [5.41, 5.74) is 2.08. The molecule has 0 radical (unpaired) electrons. The van der Waals surface area contributed by atoms with Gasteiger partial charge in [-0.15, -0.1) is 0 Å². The van der Waals surface area contributed by atoms with Crippen molar-refractivity contribution in [3.05, 3.63) is 35.1 Å². The zero-order valence-corrected chi connectivity index (χ0v) is 10.3. The molecule has 1 saturated heterocycles. The van der Waals surface area contributed by atoms with Gasteiger partial charge in [-0.25, -0.2) is 4.39 Å². The molecule has 0 aliphatic carbocycles. The number of hydrogen-bond acceptors (Lipinski definition) is 2. The molecule has 1 aromatic carbocycles. The van der Waals surface area contributed by atoms with Crippen LogP contribution in [-0.2, 0) is 0 Å². The Morgan fingerprint density at radius 1 is 1.35 bits per heavy atom. The van der Waals surface area contributed by atoms with Crippen LogP contribution in [0.5, 0.6) is 0 Å². The fraction of sp³-hybridized carbons (Fsp3) is 0.500. The summed E-state index contributed by atoms with van der Waals surface area (Å²) >= 11 is 0. The highest BCUT2D eigenvalue weighted by Gasteiger charge is 2.19. The molecule has 1 heterocycles.